The molecule has 2 atom stereocenters. The summed E-state index contributed by atoms with van der Waals surface area (Å²) >= 11 is 0. The minimum atomic E-state index is -4.42. The lowest BCUT2D eigenvalue weighted by molar-refractivity contribution is -0.161. The van der Waals surface area contributed by atoms with E-state index >= 15 is 0 Å². The Balaban J connectivity index is 4.37. The Morgan fingerprint density at radius 3 is 1.42 bits per heavy atom. The van der Waals surface area contributed by atoms with Gasteiger partial charge in [-0.25, -0.2) is 4.57 Å². The van der Waals surface area contributed by atoms with Crippen molar-refractivity contribution in [3.8, 4) is 0 Å². The molecule has 0 aromatic carbocycles. The highest BCUT2D eigenvalue weighted by Gasteiger charge is 2.25. The molecule has 0 aromatic heterocycles. The monoisotopic (exact) mass is 840 g/mol. The van der Waals surface area contributed by atoms with Crippen LogP contribution in [0.4, 0.5) is 0 Å². The van der Waals surface area contributed by atoms with Gasteiger partial charge in [0.15, 0.2) is 6.10 Å². The fourth-order valence-corrected chi connectivity index (χ4v) is 5.88. The number of allylic oxidation sites excluding steroid dienone is 20. The standard InChI is InChI=1S/C49H78NO8P/c1-3-5-7-9-11-13-15-17-19-21-23-25-27-29-31-33-35-37-39-41-48(51)55-45-47(46-57-59(53,54)56-44-43-50)58-49(52)42-40-38-36-34-32-30-28-26-24-22-20-18-16-14-12-10-8-6-4-2/h5,7,11-14,17-20,23-26,29-32,36,38,47H,3-4,6,8-10,15-16,21-22,27-28,33-35,37,39-46,50H2,1-2H3,(H,53,54)/b7-5-,13-11-,14-12-,19-17-,20-18-,25-23-,26-24-,31-29-,32-30-,38-36-/t47-/m1/s1. The van der Waals surface area contributed by atoms with Gasteiger partial charge in [0, 0.05) is 19.4 Å². The molecule has 0 radical (unpaired) electrons. The quantitative estimate of drug-likeness (QED) is 0.0268. The van der Waals surface area contributed by atoms with Crippen LogP contribution in [0.2, 0.25) is 0 Å². The lowest BCUT2D eigenvalue weighted by Crippen LogP contribution is -2.29. The second-order valence-electron chi connectivity index (χ2n) is 13.8. The van der Waals surface area contributed by atoms with Crippen molar-refractivity contribution in [2.24, 2.45) is 5.73 Å². The first kappa shape index (κ1) is 55.4. The Labute approximate surface area is 358 Å². The van der Waals surface area contributed by atoms with Gasteiger partial charge >= 0.3 is 19.8 Å². The summed E-state index contributed by atoms with van der Waals surface area (Å²) in [6.45, 7) is 3.43. The van der Waals surface area contributed by atoms with Gasteiger partial charge in [-0.2, -0.15) is 0 Å². The van der Waals surface area contributed by atoms with Crippen LogP contribution in [0.25, 0.3) is 0 Å². The minimum Gasteiger partial charge on any atom is -0.462 e. The van der Waals surface area contributed by atoms with E-state index in [1.165, 1.54) is 25.7 Å². The lowest BCUT2D eigenvalue weighted by atomic mass is 10.1. The number of phosphoric ester groups is 1. The molecule has 0 aliphatic carbocycles. The number of ether oxygens (including phenoxy) is 2. The van der Waals surface area contributed by atoms with Crippen LogP contribution in [-0.4, -0.2) is 49.3 Å². The van der Waals surface area contributed by atoms with Gasteiger partial charge < -0.3 is 20.1 Å². The van der Waals surface area contributed by atoms with Gasteiger partial charge in [0.2, 0.25) is 0 Å². The van der Waals surface area contributed by atoms with Crippen LogP contribution in [0.1, 0.15) is 142 Å². The number of phosphoric acid groups is 1. The highest BCUT2D eigenvalue weighted by atomic mass is 31.2. The molecule has 0 bridgehead atoms. The first-order valence-corrected chi connectivity index (χ1v) is 23.5. The molecule has 0 aromatic rings. The summed E-state index contributed by atoms with van der Waals surface area (Å²) in [4.78, 5) is 34.9. The van der Waals surface area contributed by atoms with E-state index in [9.17, 15) is 19.0 Å². The Kier molecular flexibility index (Phi) is 41.3. The predicted octanol–water partition coefficient (Wildman–Crippen LogP) is 12.9. The van der Waals surface area contributed by atoms with Crippen molar-refractivity contribution in [1.29, 1.82) is 0 Å². The van der Waals surface area contributed by atoms with Crippen LogP contribution < -0.4 is 5.73 Å². The fraction of sp³-hybridized carbons (Fsp3) is 0.551. The second kappa shape index (κ2) is 44.0. The van der Waals surface area contributed by atoms with Gasteiger partial charge in [-0.3, -0.25) is 18.6 Å². The van der Waals surface area contributed by atoms with E-state index in [0.29, 0.717) is 12.8 Å². The van der Waals surface area contributed by atoms with E-state index < -0.39 is 32.5 Å². The smallest absolute Gasteiger partial charge is 0.462 e. The number of rotatable bonds is 39. The molecule has 0 rings (SSSR count). The van der Waals surface area contributed by atoms with Crippen molar-refractivity contribution in [3.63, 3.8) is 0 Å². The molecule has 0 saturated carbocycles. The van der Waals surface area contributed by atoms with Gasteiger partial charge in [-0.15, -0.1) is 0 Å². The van der Waals surface area contributed by atoms with Crippen molar-refractivity contribution in [3.05, 3.63) is 122 Å². The molecule has 0 amide bonds. The number of hydrogen-bond donors (Lipinski definition) is 2. The average Bonchev–Trinajstić information content (AvgIpc) is 3.22. The largest absolute Gasteiger partial charge is 0.472 e. The van der Waals surface area contributed by atoms with Gasteiger partial charge in [0.25, 0.3) is 0 Å². The van der Waals surface area contributed by atoms with E-state index in [4.69, 9.17) is 24.3 Å². The molecule has 10 heteroatoms. The summed E-state index contributed by atoms with van der Waals surface area (Å²) in [7, 11) is -4.42. The Morgan fingerprint density at radius 1 is 0.525 bits per heavy atom. The molecule has 0 aliphatic rings. The molecular weight excluding hydrogens is 762 g/mol. The summed E-state index contributed by atoms with van der Waals surface area (Å²) in [6, 6.07) is 0. The summed E-state index contributed by atoms with van der Waals surface area (Å²) in [5.74, 6) is -0.977. The van der Waals surface area contributed by atoms with Crippen molar-refractivity contribution in [2.45, 2.75) is 148 Å². The van der Waals surface area contributed by atoms with Crippen LogP contribution in [0.15, 0.2) is 122 Å². The third kappa shape index (κ3) is 43.8. The summed E-state index contributed by atoms with van der Waals surface area (Å²) in [6.07, 6.45) is 59.6. The normalized spacial score (nSPS) is 14.4. The maximum Gasteiger partial charge on any atom is 0.472 e. The van der Waals surface area contributed by atoms with Crippen molar-refractivity contribution in [1.82, 2.24) is 0 Å². The highest BCUT2D eigenvalue weighted by Crippen LogP contribution is 2.43. The molecule has 0 saturated heterocycles. The molecular formula is C49H78NO8P. The number of unbranched alkanes of at least 4 members (excludes halogenated alkanes) is 6. The molecule has 0 fully saturated rings. The third-order valence-corrected chi connectivity index (χ3v) is 9.33. The number of carbonyl (C=O) groups is 2. The van der Waals surface area contributed by atoms with Crippen molar-refractivity contribution < 1.29 is 37.6 Å². The van der Waals surface area contributed by atoms with Gasteiger partial charge in [0.1, 0.15) is 6.61 Å². The van der Waals surface area contributed by atoms with E-state index in [1.54, 1.807) is 0 Å². The average molecular weight is 840 g/mol. The molecule has 9 nitrogen and oxygen atoms in total. The van der Waals surface area contributed by atoms with Crippen LogP contribution in [-0.2, 0) is 32.7 Å². The van der Waals surface area contributed by atoms with Crippen molar-refractivity contribution in [2.75, 3.05) is 26.4 Å². The van der Waals surface area contributed by atoms with Gasteiger partial charge in [0.05, 0.1) is 13.2 Å². The van der Waals surface area contributed by atoms with Crippen molar-refractivity contribution >= 4 is 19.8 Å². The molecule has 0 spiro atoms. The maximum atomic E-state index is 12.6. The SMILES string of the molecule is CC/C=C\C/C=C\C/C=C\C/C=C\C/C=C\CCCCCC(=O)OC[C@H](COP(=O)(O)OCCN)OC(=O)CC/C=C\C/C=C\C/C=C\C/C=C\C/C=C\CCCCC. The van der Waals surface area contributed by atoms with Crippen LogP contribution in [0.3, 0.4) is 0 Å². The number of hydrogen-bond acceptors (Lipinski definition) is 8. The highest BCUT2D eigenvalue weighted by molar-refractivity contribution is 7.47. The van der Waals surface area contributed by atoms with E-state index in [2.05, 4.69) is 123 Å². The van der Waals surface area contributed by atoms with E-state index in [1.807, 2.05) is 12.2 Å². The third-order valence-electron chi connectivity index (χ3n) is 8.35. The zero-order chi connectivity index (χ0) is 43.2. The molecule has 0 aliphatic heterocycles. The Bertz CT molecular complexity index is 1370. The van der Waals surface area contributed by atoms with Crippen LogP contribution in [0.5, 0.6) is 0 Å². The van der Waals surface area contributed by atoms with Crippen LogP contribution in [0, 0.1) is 0 Å². The molecule has 332 valence electrons. The molecule has 59 heavy (non-hydrogen) atoms. The van der Waals surface area contributed by atoms with Crippen LogP contribution >= 0.6 is 7.82 Å². The molecule has 0 heterocycles. The Hall–Kier alpha value is -3.59. The zero-order valence-corrected chi connectivity index (χ0v) is 37.3. The second-order valence-corrected chi connectivity index (χ2v) is 15.3. The van der Waals surface area contributed by atoms with E-state index in [-0.39, 0.29) is 32.6 Å². The molecule has 1 unspecified atom stereocenters. The first-order valence-electron chi connectivity index (χ1n) is 22.0. The minimum absolute atomic E-state index is 0.0299. The zero-order valence-electron chi connectivity index (χ0n) is 36.4. The maximum absolute atomic E-state index is 12.6. The number of esters is 2. The fourth-order valence-electron chi connectivity index (χ4n) is 5.11. The van der Waals surface area contributed by atoms with Gasteiger partial charge in [-0.1, -0.05) is 155 Å². The van der Waals surface area contributed by atoms with E-state index in [0.717, 1.165) is 77.0 Å². The predicted molar refractivity (Wildman–Crippen MR) is 247 cm³/mol. The topological polar surface area (TPSA) is 134 Å². The molecule has 3 N–H and O–H groups in total. The number of carbonyl (C=O) groups excluding carboxylic acids is 2. The first-order chi connectivity index (χ1) is 28.8. The summed E-state index contributed by atoms with van der Waals surface area (Å²) in [5, 5.41) is 0. The number of nitrogens with two attached hydrogens (primary N) is 1. The summed E-state index contributed by atoms with van der Waals surface area (Å²) < 4.78 is 32.7. The Morgan fingerprint density at radius 2 is 0.966 bits per heavy atom. The van der Waals surface area contributed by atoms with Gasteiger partial charge in [-0.05, 0) is 96.3 Å². The lowest BCUT2D eigenvalue weighted by Gasteiger charge is -2.19. The summed E-state index contributed by atoms with van der Waals surface area (Å²) in [5.41, 5.74) is 5.34.